The second-order valence-electron chi connectivity index (χ2n) is 6.60. The van der Waals surface area contributed by atoms with Gasteiger partial charge in [0.05, 0.1) is 10.6 Å². The highest BCUT2D eigenvalue weighted by Gasteiger charge is 2.33. The molecule has 1 heterocycles. The average Bonchev–Trinajstić information content (AvgIpc) is 2.75. The van der Waals surface area contributed by atoms with Gasteiger partial charge in [-0.2, -0.15) is 13.2 Å². The molecule has 3 rings (SSSR count). The molecule has 0 radical (unpaired) electrons. The molecular weight excluding hydrogens is 465 g/mol. The third kappa shape index (κ3) is 6.34. The Labute approximate surface area is 190 Å². The van der Waals surface area contributed by atoms with Gasteiger partial charge in [0.2, 0.25) is 0 Å². The summed E-state index contributed by atoms with van der Waals surface area (Å²) in [5, 5.41) is 13.9. The van der Waals surface area contributed by atoms with Crippen molar-refractivity contribution in [3.63, 3.8) is 0 Å². The van der Waals surface area contributed by atoms with Crippen molar-refractivity contribution >= 4 is 34.9 Å². The van der Waals surface area contributed by atoms with E-state index < -0.39 is 28.7 Å². The van der Waals surface area contributed by atoms with Crippen LogP contribution in [0, 0.1) is 0 Å². The van der Waals surface area contributed by atoms with E-state index in [9.17, 15) is 28.0 Å². The van der Waals surface area contributed by atoms with E-state index in [0.29, 0.717) is 16.5 Å². The molecule has 0 aliphatic rings. The first-order valence-electron chi connectivity index (χ1n) is 9.18. The van der Waals surface area contributed by atoms with Gasteiger partial charge in [0, 0.05) is 30.7 Å². The fourth-order valence-electron chi connectivity index (χ4n) is 2.61. The Morgan fingerprint density at radius 1 is 1.00 bits per heavy atom. The summed E-state index contributed by atoms with van der Waals surface area (Å²) in [5.41, 5.74) is -0.823. The van der Waals surface area contributed by atoms with Crippen molar-refractivity contribution < 1.29 is 32.7 Å². The van der Waals surface area contributed by atoms with Crippen LogP contribution in [0.3, 0.4) is 0 Å². The molecule has 0 saturated heterocycles. The Bertz CT molecular complexity index is 1170. The second-order valence-corrected chi connectivity index (χ2v) is 7.01. The number of urea groups is 1. The van der Waals surface area contributed by atoms with Crippen LogP contribution in [0.15, 0.2) is 60.8 Å². The van der Waals surface area contributed by atoms with Gasteiger partial charge >= 0.3 is 12.2 Å². The first-order valence-corrected chi connectivity index (χ1v) is 9.56. The van der Waals surface area contributed by atoms with E-state index in [2.05, 4.69) is 15.6 Å². The molecule has 2 aromatic carbocycles. The highest BCUT2D eigenvalue weighted by atomic mass is 35.5. The Morgan fingerprint density at radius 3 is 2.27 bits per heavy atom. The molecule has 0 fully saturated rings. The summed E-state index contributed by atoms with van der Waals surface area (Å²) in [7, 11) is 1.17. The Hall–Kier alpha value is -3.83. The van der Waals surface area contributed by atoms with Gasteiger partial charge < -0.3 is 15.4 Å². The van der Waals surface area contributed by atoms with Crippen LogP contribution in [0.25, 0.3) is 0 Å². The zero-order valence-corrected chi connectivity index (χ0v) is 17.6. The summed E-state index contributed by atoms with van der Waals surface area (Å²) >= 11 is 5.56. The summed E-state index contributed by atoms with van der Waals surface area (Å²) < 4.78 is 44.5. The third-order valence-electron chi connectivity index (χ3n) is 4.12. The largest absolute Gasteiger partial charge is 0.457 e. The highest BCUT2D eigenvalue weighted by molar-refractivity contribution is 6.31. The summed E-state index contributed by atoms with van der Waals surface area (Å²) in [4.78, 5) is 27.7. The molecule has 0 spiro atoms. The molecule has 12 heteroatoms. The number of halogens is 4. The smallest absolute Gasteiger partial charge is 0.417 e. The van der Waals surface area contributed by atoms with Crippen molar-refractivity contribution in [2.24, 2.45) is 0 Å². The van der Waals surface area contributed by atoms with Crippen LogP contribution in [0.2, 0.25) is 5.02 Å². The summed E-state index contributed by atoms with van der Waals surface area (Å²) in [6, 6.07) is 11.2. The first-order chi connectivity index (χ1) is 15.5. The maximum absolute atomic E-state index is 12.9. The Morgan fingerprint density at radius 2 is 1.64 bits per heavy atom. The number of ether oxygens (including phenoxy) is 1. The third-order valence-corrected chi connectivity index (χ3v) is 4.45. The number of carbonyl (C=O) groups is 2. The van der Waals surface area contributed by atoms with Gasteiger partial charge in [-0.1, -0.05) is 11.6 Å². The van der Waals surface area contributed by atoms with Crippen molar-refractivity contribution in [2.75, 3.05) is 17.7 Å². The number of aromatic nitrogens is 1. The van der Waals surface area contributed by atoms with Crippen molar-refractivity contribution in [3.05, 3.63) is 77.1 Å². The highest BCUT2D eigenvalue weighted by Crippen LogP contribution is 2.36. The molecule has 1 aromatic heterocycles. The minimum absolute atomic E-state index is 0.0247. The number of hydroxylamine groups is 2. The number of pyridine rings is 1. The number of benzene rings is 2. The maximum atomic E-state index is 12.9. The number of anilines is 2. The summed E-state index contributed by atoms with van der Waals surface area (Å²) in [5.74, 6) is -0.0543. The van der Waals surface area contributed by atoms with Gasteiger partial charge in [0.25, 0.3) is 5.91 Å². The fraction of sp³-hybridized carbons (Fsp3) is 0.0952. The molecule has 0 atom stereocenters. The first kappa shape index (κ1) is 23.8. The van der Waals surface area contributed by atoms with Gasteiger partial charge in [-0.15, -0.1) is 0 Å². The molecular formula is C21H16ClF3N4O4. The SMILES string of the molecule is CN(O)C(=O)c1cc(Oc2ccc(NC(=O)Nc3ccc(Cl)c(C(F)(F)F)c3)cc2)ccn1. The normalized spacial score (nSPS) is 11.0. The van der Waals surface area contributed by atoms with Crippen molar-refractivity contribution in [3.8, 4) is 11.5 Å². The molecule has 0 aliphatic heterocycles. The van der Waals surface area contributed by atoms with Crippen LogP contribution >= 0.6 is 11.6 Å². The number of nitrogens with one attached hydrogen (secondary N) is 2. The van der Waals surface area contributed by atoms with E-state index in [1.807, 2.05) is 0 Å². The standard InChI is InChI=1S/C21H16ClF3N4O4/c1-29(32)19(30)18-11-15(8-9-26-18)33-14-5-2-12(3-6-14)27-20(31)28-13-4-7-17(22)16(10-13)21(23,24)25/h2-11,32H,1H3,(H2,27,28,31). The quantitative estimate of drug-likeness (QED) is 0.323. The predicted octanol–water partition coefficient (Wildman–Crippen LogP) is 5.65. The lowest BCUT2D eigenvalue weighted by molar-refractivity contribution is -0.137. The number of alkyl halides is 3. The summed E-state index contributed by atoms with van der Waals surface area (Å²) in [6.07, 6.45) is -3.31. The molecule has 0 aliphatic carbocycles. The van der Waals surface area contributed by atoms with Crippen LogP contribution in [-0.2, 0) is 6.18 Å². The second kappa shape index (κ2) is 9.76. The zero-order valence-electron chi connectivity index (χ0n) is 16.9. The molecule has 8 nitrogen and oxygen atoms in total. The van der Waals surface area contributed by atoms with Crippen molar-refractivity contribution in [1.82, 2.24) is 10.0 Å². The average molecular weight is 481 g/mol. The predicted molar refractivity (Wildman–Crippen MR) is 114 cm³/mol. The van der Waals surface area contributed by atoms with Gasteiger partial charge in [-0.3, -0.25) is 15.0 Å². The Kier molecular flexibility index (Phi) is 7.04. The molecule has 0 unspecified atom stereocenters. The van der Waals surface area contributed by atoms with Crippen LogP contribution < -0.4 is 15.4 Å². The minimum Gasteiger partial charge on any atom is -0.457 e. The van der Waals surface area contributed by atoms with Crippen LogP contribution in [0.4, 0.5) is 29.3 Å². The number of hydrogen-bond acceptors (Lipinski definition) is 5. The van der Waals surface area contributed by atoms with Crippen LogP contribution in [0.1, 0.15) is 16.1 Å². The van der Waals surface area contributed by atoms with Crippen LogP contribution in [-0.4, -0.2) is 34.2 Å². The molecule has 3 amide bonds. The number of carbonyl (C=O) groups excluding carboxylic acids is 2. The van der Waals surface area contributed by atoms with E-state index in [0.717, 1.165) is 12.1 Å². The van der Waals surface area contributed by atoms with Gasteiger partial charge in [-0.25, -0.2) is 9.86 Å². The van der Waals surface area contributed by atoms with E-state index in [-0.39, 0.29) is 17.1 Å². The number of nitrogens with zero attached hydrogens (tertiary/aromatic N) is 2. The van der Waals surface area contributed by atoms with Crippen molar-refractivity contribution in [2.45, 2.75) is 6.18 Å². The maximum Gasteiger partial charge on any atom is 0.417 e. The topological polar surface area (TPSA) is 104 Å². The lowest BCUT2D eigenvalue weighted by Gasteiger charge is -2.13. The van der Waals surface area contributed by atoms with Gasteiger partial charge in [-0.05, 0) is 48.5 Å². The van der Waals surface area contributed by atoms with E-state index in [1.54, 1.807) is 0 Å². The van der Waals surface area contributed by atoms with Crippen molar-refractivity contribution in [1.29, 1.82) is 0 Å². The van der Waals surface area contributed by atoms with Gasteiger partial charge in [0.1, 0.15) is 17.2 Å². The molecule has 3 aromatic rings. The molecule has 0 saturated carbocycles. The number of amides is 3. The Balaban J connectivity index is 1.63. The van der Waals surface area contributed by atoms with E-state index in [4.69, 9.17) is 16.3 Å². The lowest BCUT2D eigenvalue weighted by Crippen LogP contribution is -2.23. The van der Waals surface area contributed by atoms with Gasteiger partial charge in [0.15, 0.2) is 0 Å². The molecule has 33 heavy (non-hydrogen) atoms. The number of rotatable bonds is 5. The minimum atomic E-state index is -4.65. The van der Waals surface area contributed by atoms with E-state index in [1.165, 1.54) is 55.7 Å². The lowest BCUT2D eigenvalue weighted by atomic mass is 10.2. The molecule has 3 N–H and O–H groups in total. The number of hydrogen-bond donors (Lipinski definition) is 3. The molecule has 0 bridgehead atoms. The zero-order chi connectivity index (χ0) is 24.2. The summed E-state index contributed by atoms with van der Waals surface area (Å²) in [6.45, 7) is 0. The monoisotopic (exact) mass is 480 g/mol. The molecule has 172 valence electrons. The van der Waals surface area contributed by atoms with Crippen LogP contribution in [0.5, 0.6) is 11.5 Å². The van der Waals surface area contributed by atoms with E-state index >= 15 is 0 Å². The fourth-order valence-corrected chi connectivity index (χ4v) is 2.84.